The fraction of sp³-hybridized carbons (Fsp3) is 0.273. The Kier molecular flexibility index (Phi) is 4.92. The van der Waals surface area contributed by atoms with Crippen LogP contribution in [-0.4, -0.2) is 20.4 Å². The van der Waals surface area contributed by atoms with Crippen LogP contribution in [0.5, 0.6) is 0 Å². The summed E-state index contributed by atoms with van der Waals surface area (Å²) in [5.41, 5.74) is 4.26. The molecule has 0 radical (unpaired) electrons. The average molecular weight is 407 g/mol. The molecule has 4 aromatic rings. The highest BCUT2D eigenvalue weighted by Gasteiger charge is 2.18. The van der Waals surface area contributed by atoms with Crippen molar-refractivity contribution in [1.29, 1.82) is 0 Å². The minimum Gasteiger partial charge on any atom is -0.324 e. The number of hydrogen-bond donors (Lipinski definition) is 1. The largest absolute Gasteiger partial charge is 0.324 e. The Morgan fingerprint density at radius 1 is 1.17 bits per heavy atom. The fourth-order valence-corrected chi connectivity index (χ4v) is 4.82. The van der Waals surface area contributed by atoms with Crippen LogP contribution in [0.3, 0.4) is 0 Å². The van der Waals surface area contributed by atoms with Gasteiger partial charge in [0.1, 0.15) is 21.9 Å². The molecule has 6 nitrogen and oxygen atoms in total. The number of carbonyl (C=O) groups is 1. The lowest BCUT2D eigenvalue weighted by atomic mass is 10.1. The zero-order chi connectivity index (χ0) is 20.7. The van der Waals surface area contributed by atoms with Gasteiger partial charge in [0.15, 0.2) is 0 Å². The van der Waals surface area contributed by atoms with E-state index in [2.05, 4.69) is 15.3 Å². The molecule has 1 amide bonds. The van der Waals surface area contributed by atoms with Crippen LogP contribution >= 0.6 is 11.3 Å². The maximum Gasteiger partial charge on any atom is 0.272 e. The zero-order valence-corrected chi connectivity index (χ0v) is 17.7. The molecule has 0 unspecified atom stereocenters. The van der Waals surface area contributed by atoms with Crippen LogP contribution in [0.1, 0.15) is 29.6 Å². The van der Waals surface area contributed by atoms with Crippen molar-refractivity contribution >= 4 is 43.4 Å². The molecule has 29 heavy (non-hydrogen) atoms. The monoisotopic (exact) mass is 406 g/mol. The zero-order valence-electron chi connectivity index (χ0n) is 16.9. The van der Waals surface area contributed by atoms with Crippen LogP contribution in [0.2, 0.25) is 0 Å². The smallest absolute Gasteiger partial charge is 0.272 e. The van der Waals surface area contributed by atoms with Crippen LogP contribution in [0.15, 0.2) is 35.1 Å². The van der Waals surface area contributed by atoms with E-state index in [-0.39, 0.29) is 18.0 Å². The third-order valence-electron chi connectivity index (χ3n) is 5.04. The second-order valence-electron chi connectivity index (χ2n) is 7.15. The Bertz CT molecular complexity index is 1320. The molecule has 0 bridgehead atoms. The maximum absolute atomic E-state index is 13.2. The molecule has 0 aliphatic carbocycles. The van der Waals surface area contributed by atoms with Gasteiger partial charge in [0.2, 0.25) is 5.91 Å². The van der Waals surface area contributed by atoms with Crippen molar-refractivity contribution in [3.63, 3.8) is 0 Å². The number of para-hydroxylation sites is 1. The number of fused-ring (bicyclic) bond motifs is 3. The number of anilines is 1. The SMILES string of the molecule is CCc1ccccc1NC(=O)Cn1c(C)nc2c(sc3nc(C)cc(C)c32)c1=O. The van der Waals surface area contributed by atoms with Crippen LogP contribution in [0.4, 0.5) is 5.69 Å². The number of thiophene rings is 1. The van der Waals surface area contributed by atoms with Crippen LogP contribution in [0.25, 0.3) is 20.4 Å². The number of amides is 1. The summed E-state index contributed by atoms with van der Waals surface area (Å²) in [6.45, 7) is 7.66. The molecule has 0 atom stereocenters. The van der Waals surface area contributed by atoms with Crippen LogP contribution < -0.4 is 10.9 Å². The lowest BCUT2D eigenvalue weighted by Gasteiger charge is -2.12. The van der Waals surface area contributed by atoms with Crippen molar-refractivity contribution in [1.82, 2.24) is 14.5 Å². The summed E-state index contributed by atoms with van der Waals surface area (Å²) in [6.07, 6.45) is 0.816. The van der Waals surface area contributed by atoms with Gasteiger partial charge in [-0.25, -0.2) is 9.97 Å². The molecular formula is C22H22N4O2S. The van der Waals surface area contributed by atoms with E-state index in [1.807, 2.05) is 51.1 Å². The first kappa shape index (κ1) is 19.3. The van der Waals surface area contributed by atoms with Crippen molar-refractivity contribution in [2.24, 2.45) is 0 Å². The van der Waals surface area contributed by atoms with E-state index in [9.17, 15) is 9.59 Å². The molecule has 1 aromatic carbocycles. The molecule has 0 fully saturated rings. The number of nitrogens with zero attached hydrogens (tertiary/aromatic N) is 3. The lowest BCUT2D eigenvalue weighted by molar-refractivity contribution is -0.116. The summed E-state index contributed by atoms with van der Waals surface area (Å²) in [7, 11) is 0. The summed E-state index contributed by atoms with van der Waals surface area (Å²) in [6, 6.07) is 9.68. The number of pyridine rings is 1. The van der Waals surface area contributed by atoms with Crippen molar-refractivity contribution in [2.75, 3.05) is 5.32 Å². The highest BCUT2D eigenvalue weighted by atomic mass is 32.1. The third kappa shape index (κ3) is 3.42. The van der Waals surface area contributed by atoms with Gasteiger partial charge in [-0.1, -0.05) is 25.1 Å². The van der Waals surface area contributed by atoms with Crippen LogP contribution in [0, 0.1) is 20.8 Å². The molecule has 3 aromatic heterocycles. The number of aromatic nitrogens is 3. The predicted octanol–water partition coefficient (Wildman–Crippen LogP) is 4.13. The van der Waals surface area contributed by atoms with E-state index in [1.54, 1.807) is 6.92 Å². The maximum atomic E-state index is 13.2. The summed E-state index contributed by atoms with van der Waals surface area (Å²) in [5, 5.41) is 3.84. The van der Waals surface area contributed by atoms with Gasteiger partial charge >= 0.3 is 0 Å². The summed E-state index contributed by atoms with van der Waals surface area (Å²) in [5.74, 6) is 0.268. The Morgan fingerprint density at radius 2 is 1.93 bits per heavy atom. The predicted molar refractivity (Wildman–Crippen MR) is 118 cm³/mol. The minimum atomic E-state index is -0.247. The van der Waals surface area contributed by atoms with E-state index in [0.29, 0.717) is 16.0 Å². The van der Waals surface area contributed by atoms with Gasteiger partial charge in [-0.05, 0) is 50.5 Å². The van der Waals surface area contributed by atoms with Gasteiger partial charge < -0.3 is 5.32 Å². The molecule has 0 saturated heterocycles. The molecule has 1 N–H and O–H groups in total. The molecule has 0 aliphatic rings. The van der Waals surface area contributed by atoms with E-state index >= 15 is 0 Å². The Balaban J connectivity index is 1.74. The first-order valence-electron chi connectivity index (χ1n) is 9.54. The fourth-order valence-electron chi connectivity index (χ4n) is 3.64. The highest BCUT2D eigenvalue weighted by molar-refractivity contribution is 7.25. The van der Waals surface area contributed by atoms with E-state index in [4.69, 9.17) is 0 Å². The topological polar surface area (TPSA) is 76.9 Å². The molecular weight excluding hydrogens is 384 g/mol. The second kappa shape index (κ2) is 7.40. The van der Waals surface area contributed by atoms with Crippen molar-refractivity contribution in [2.45, 2.75) is 40.7 Å². The Labute approximate surface area is 172 Å². The van der Waals surface area contributed by atoms with Gasteiger partial charge in [0, 0.05) is 16.8 Å². The molecule has 7 heteroatoms. The van der Waals surface area contributed by atoms with Gasteiger partial charge in [0.05, 0.1) is 5.52 Å². The minimum absolute atomic E-state index is 0.0780. The van der Waals surface area contributed by atoms with Crippen molar-refractivity contribution in [3.05, 3.63) is 63.3 Å². The average Bonchev–Trinajstić information content (AvgIpc) is 3.04. The van der Waals surface area contributed by atoms with Gasteiger partial charge in [-0.15, -0.1) is 11.3 Å². The number of benzene rings is 1. The third-order valence-corrected chi connectivity index (χ3v) is 6.10. The van der Waals surface area contributed by atoms with E-state index in [0.717, 1.165) is 39.1 Å². The van der Waals surface area contributed by atoms with E-state index in [1.165, 1.54) is 15.9 Å². The number of nitrogens with one attached hydrogen (secondary N) is 1. The highest BCUT2D eigenvalue weighted by Crippen LogP contribution is 2.32. The lowest BCUT2D eigenvalue weighted by Crippen LogP contribution is -2.30. The molecule has 148 valence electrons. The van der Waals surface area contributed by atoms with E-state index < -0.39 is 0 Å². The first-order chi connectivity index (χ1) is 13.9. The molecule has 4 rings (SSSR count). The van der Waals surface area contributed by atoms with Gasteiger partial charge in [0.25, 0.3) is 5.56 Å². The normalized spacial score (nSPS) is 11.3. The van der Waals surface area contributed by atoms with Crippen LogP contribution in [-0.2, 0) is 17.8 Å². The first-order valence-corrected chi connectivity index (χ1v) is 10.4. The summed E-state index contributed by atoms with van der Waals surface area (Å²) in [4.78, 5) is 35.8. The quantitative estimate of drug-likeness (QED) is 0.553. The second-order valence-corrected chi connectivity index (χ2v) is 8.15. The molecule has 0 saturated carbocycles. The molecule has 0 spiro atoms. The van der Waals surface area contributed by atoms with Gasteiger partial charge in [-0.2, -0.15) is 0 Å². The standard InChI is InChI=1S/C22H22N4O2S/c1-5-15-8-6-7-9-16(15)25-17(27)11-26-14(4)24-19-18-12(2)10-13(3)23-21(18)29-20(19)22(26)28/h6-10H,5,11H2,1-4H3,(H,25,27). The Morgan fingerprint density at radius 3 is 2.69 bits per heavy atom. The summed E-state index contributed by atoms with van der Waals surface area (Å²) >= 11 is 1.34. The Hall–Kier alpha value is -3.06. The van der Waals surface area contributed by atoms with Gasteiger partial charge in [-0.3, -0.25) is 14.2 Å². The number of aryl methyl sites for hydroxylation is 4. The van der Waals surface area contributed by atoms with Crippen molar-refractivity contribution in [3.8, 4) is 0 Å². The number of carbonyl (C=O) groups excluding carboxylic acids is 1. The molecule has 3 heterocycles. The number of rotatable bonds is 4. The molecule has 0 aliphatic heterocycles. The number of hydrogen-bond acceptors (Lipinski definition) is 5. The van der Waals surface area contributed by atoms with Crippen molar-refractivity contribution < 1.29 is 4.79 Å². The summed E-state index contributed by atoms with van der Waals surface area (Å²) < 4.78 is 1.97.